The standard InChI is InChI=1S/C36H41N3O4.ClH/c1-42-31-14-13-28(33(24-31)43-2)25-38-26-29(23-34(38)40)35(41)39(30-10-4-3-5-11-30)20-8-19-37-21-17-36(18-22-37)16-15-27-9-6-7-12-32(27)36;/h3-7,9-16,24,29H,8,17-23,25-26H2,1-2H3;1H. The molecular formula is C36H42ClN3O4. The normalized spacial score (nSPS) is 18.6. The predicted octanol–water partition coefficient (Wildman–Crippen LogP) is 5.96. The second-order valence-corrected chi connectivity index (χ2v) is 12.0. The van der Waals surface area contributed by atoms with Gasteiger partial charge in [0.1, 0.15) is 11.5 Å². The third-order valence-electron chi connectivity index (χ3n) is 9.44. The molecule has 3 aromatic carbocycles. The number of anilines is 1. The lowest BCUT2D eigenvalue weighted by molar-refractivity contribution is -0.128. The second kappa shape index (κ2) is 13.9. The first kappa shape index (κ1) is 31.6. The van der Waals surface area contributed by atoms with Crippen molar-refractivity contribution in [2.24, 2.45) is 5.92 Å². The first-order valence-corrected chi connectivity index (χ1v) is 15.4. The van der Waals surface area contributed by atoms with Gasteiger partial charge in [0.25, 0.3) is 0 Å². The smallest absolute Gasteiger partial charge is 0.232 e. The van der Waals surface area contributed by atoms with Crippen LogP contribution in [0, 0.1) is 5.92 Å². The van der Waals surface area contributed by atoms with E-state index < -0.39 is 0 Å². The van der Waals surface area contributed by atoms with Crippen LogP contribution in [0.5, 0.6) is 11.5 Å². The summed E-state index contributed by atoms with van der Waals surface area (Å²) >= 11 is 0. The van der Waals surface area contributed by atoms with Crippen molar-refractivity contribution < 1.29 is 19.1 Å². The number of likely N-dealkylation sites (tertiary alicyclic amines) is 2. The molecule has 1 spiro atoms. The minimum atomic E-state index is -0.374. The molecule has 2 fully saturated rings. The van der Waals surface area contributed by atoms with E-state index in [-0.39, 0.29) is 42.0 Å². The van der Waals surface area contributed by atoms with E-state index in [0.29, 0.717) is 31.1 Å². The summed E-state index contributed by atoms with van der Waals surface area (Å²) in [6.07, 6.45) is 8.07. The van der Waals surface area contributed by atoms with Gasteiger partial charge < -0.3 is 24.2 Å². The monoisotopic (exact) mass is 615 g/mol. The average molecular weight is 616 g/mol. The molecule has 2 amide bonds. The molecule has 3 aliphatic rings. The fourth-order valence-corrected chi connectivity index (χ4v) is 6.97. The Morgan fingerprint density at radius 3 is 2.48 bits per heavy atom. The van der Waals surface area contributed by atoms with Gasteiger partial charge in [-0.2, -0.15) is 0 Å². The highest BCUT2D eigenvalue weighted by Gasteiger charge is 2.39. The largest absolute Gasteiger partial charge is 0.497 e. The van der Waals surface area contributed by atoms with Crippen LogP contribution >= 0.6 is 12.4 Å². The molecule has 0 saturated carbocycles. The highest BCUT2D eigenvalue weighted by molar-refractivity contribution is 5.99. The van der Waals surface area contributed by atoms with Gasteiger partial charge in [-0.15, -0.1) is 12.4 Å². The van der Waals surface area contributed by atoms with Crippen molar-refractivity contribution in [3.8, 4) is 11.5 Å². The van der Waals surface area contributed by atoms with Crippen LogP contribution in [-0.4, -0.2) is 68.6 Å². The molecule has 8 heteroatoms. The molecule has 1 aliphatic carbocycles. The summed E-state index contributed by atoms with van der Waals surface area (Å²) in [6.45, 7) is 4.49. The highest BCUT2D eigenvalue weighted by Crippen LogP contribution is 2.43. The Kier molecular flexibility index (Phi) is 9.97. The molecule has 0 aromatic heterocycles. The van der Waals surface area contributed by atoms with Crippen LogP contribution in [-0.2, 0) is 21.5 Å². The number of amides is 2. The van der Waals surface area contributed by atoms with Crippen LogP contribution in [0.3, 0.4) is 0 Å². The predicted molar refractivity (Wildman–Crippen MR) is 177 cm³/mol. The fourth-order valence-electron chi connectivity index (χ4n) is 6.97. The molecule has 7 nitrogen and oxygen atoms in total. The number of rotatable bonds is 10. The van der Waals surface area contributed by atoms with Gasteiger partial charge in [-0.25, -0.2) is 0 Å². The molecule has 2 heterocycles. The third-order valence-corrected chi connectivity index (χ3v) is 9.44. The van der Waals surface area contributed by atoms with Crippen molar-refractivity contribution >= 4 is 36.0 Å². The van der Waals surface area contributed by atoms with E-state index in [1.807, 2.05) is 53.4 Å². The molecule has 2 saturated heterocycles. The SMILES string of the molecule is COc1ccc(CN2CC(C(=O)N(CCCN3CCC4(C=Cc5ccccc54)CC3)c3ccccc3)CC2=O)c(OC)c1.Cl. The van der Waals surface area contributed by atoms with Crippen LogP contribution in [0.25, 0.3) is 6.08 Å². The molecule has 0 radical (unpaired) electrons. The van der Waals surface area contributed by atoms with Crippen LogP contribution in [0.1, 0.15) is 42.4 Å². The Balaban J connectivity index is 0.00000384. The third kappa shape index (κ3) is 6.49. The number of ether oxygens (including phenoxy) is 2. The van der Waals surface area contributed by atoms with Crippen molar-refractivity contribution in [3.63, 3.8) is 0 Å². The number of hydrogen-bond donors (Lipinski definition) is 0. The molecule has 2 aliphatic heterocycles. The molecule has 232 valence electrons. The lowest BCUT2D eigenvalue weighted by atomic mass is 9.74. The second-order valence-electron chi connectivity index (χ2n) is 12.0. The number of carbonyl (C=O) groups is 2. The summed E-state index contributed by atoms with van der Waals surface area (Å²) < 4.78 is 10.8. The zero-order valence-electron chi connectivity index (χ0n) is 25.6. The molecule has 0 N–H and O–H groups in total. The van der Waals surface area contributed by atoms with Gasteiger partial charge in [-0.3, -0.25) is 9.59 Å². The Labute approximate surface area is 266 Å². The van der Waals surface area contributed by atoms with Gasteiger partial charge in [-0.1, -0.05) is 54.6 Å². The van der Waals surface area contributed by atoms with Gasteiger partial charge in [0.2, 0.25) is 11.8 Å². The van der Waals surface area contributed by atoms with Crippen LogP contribution in [0.4, 0.5) is 5.69 Å². The summed E-state index contributed by atoms with van der Waals surface area (Å²) in [7, 11) is 3.23. The lowest BCUT2D eigenvalue weighted by Gasteiger charge is -2.39. The topological polar surface area (TPSA) is 62.3 Å². The van der Waals surface area contributed by atoms with Crippen molar-refractivity contribution in [1.29, 1.82) is 0 Å². The van der Waals surface area contributed by atoms with E-state index in [4.69, 9.17) is 9.47 Å². The van der Waals surface area contributed by atoms with E-state index in [1.54, 1.807) is 19.1 Å². The Hall–Kier alpha value is -3.81. The number of fused-ring (bicyclic) bond motifs is 2. The number of carbonyl (C=O) groups excluding carboxylic acids is 2. The maximum absolute atomic E-state index is 13.9. The number of allylic oxidation sites excluding steroid dienone is 1. The number of nitrogens with zero attached hydrogens (tertiary/aromatic N) is 3. The first-order valence-electron chi connectivity index (χ1n) is 15.4. The fraction of sp³-hybridized carbons (Fsp3) is 0.389. The lowest BCUT2D eigenvalue weighted by Crippen LogP contribution is -2.43. The van der Waals surface area contributed by atoms with Crippen LogP contribution in [0.15, 0.2) is 78.9 Å². The number of halogens is 1. The molecule has 1 atom stereocenters. The average Bonchev–Trinajstić information content (AvgIpc) is 3.60. The van der Waals surface area contributed by atoms with Crippen molar-refractivity contribution in [2.75, 3.05) is 51.8 Å². The summed E-state index contributed by atoms with van der Waals surface area (Å²) in [5, 5.41) is 0. The maximum atomic E-state index is 13.9. The number of benzene rings is 3. The molecule has 3 aromatic rings. The van der Waals surface area contributed by atoms with E-state index in [9.17, 15) is 9.59 Å². The molecule has 6 rings (SSSR count). The van der Waals surface area contributed by atoms with Crippen molar-refractivity contribution in [2.45, 2.75) is 37.6 Å². The molecule has 44 heavy (non-hydrogen) atoms. The molecule has 0 bridgehead atoms. The Morgan fingerprint density at radius 2 is 1.73 bits per heavy atom. The number of hydrogen-bond acceptors (Lipinski definition) is 5. The summed E-state index contributed by atoms with van der Waals surface area (Å²) in [5.74, 6) is 1.01. The zero-order valence-corrected chi connectivity index (χ0v) is 26.4. The highest BCUT2D eigenvalue weighted by atomic mass is 35.5. The summed E-state index contributed by atoms with van der Waals surface area (Å²) in [6, 6.07) is 24.3. The Morgan fingerprint density at radius 1 is 0.977 bits per heavy atom. The van der Waals surface area contributed by atoms with Gasteiger partial charge in [0.05, 0.1) is 20.1 Å². The van der Waals surface area contributed by atoms with Gasteiger partial charge in [0.15, 0.2) is 0 Å². The van der Waals surface area contributed by atoms with E-state index in [1.165, 1.54) is 11.1 Å². The van der Waals surface area contributed by atoms with E-state index in [0.717, 1.165) is 50.1 Å². The number of piperidine rings is 1. The minimum Gasteiger partial charge on any atom is -0.497 e. The number of para-hydroxylation sites is 1. The quantitative estimate of drug-likeness (QED) is 0.282. The van der Waals surface area contributed by atoms with Crippen LogP contribution < -0.4 is 14.4 Å². The van der Waals surface area contributed by atoms with E-state index >= 15 is 0 Å². The summed E-state index contributed by atoms with van der Waals surface area (Å²) in [5.41, 5.74) is 4.79. The molecule has 1 unspecified atom stereocenters. The zero-order chi connectivity index (χ0) is 29.8. The summed E-state index contributed by atoms with van der Waals surface area (Å²) in [4.78, 5) is 33.2. The Bertz CT molecular complexity index is 1490. The van der Waals surface area contributed by atoms with Gasteiger partial charge >= 0.3 is 0 Å². The number of methoxy groups -OCH3 is 2. The van der Waals surface area contributed by atoms with Gasteiger partial charge in [0, 0.05) is 48.8 Å². The minimum absolute atomic E-state index is 0. The molecular weight excluding hydrogens is 574 g/mol. The first-order chi connectivity index (χ1) is 21.0. The van der Waals surface area contributed by atoms with Crippen molar-refractivity contribution in [1.82, 2.24) is 9.80 Å². The maximum Gasteiger partial charge on any atom is 0.232 e. The van der Waals surface area contributed by atoms with Crippen molar-refractivity contribution in [3.05, 3.63) is 95.6 Å². The van der Waals surface area contributed by atoms with Crippen LogP contribution in [0.2, 0.25) is 0 Å². The van der Waals surface area contributed by atoms with Gasteiger partial charge in [-0.05, 0) is 74.3 Å². The van der Waals surface area contributed by atoms with E-state index in [2.05, 4.69) is 41.3 Å².